The van der Waals surface area contributed by atoms with Gasteiger partial charge in [0, 0.05) is 18.7 Å². The number of nitrogens with one attached hydrogen (secondary N) is 1. The van der Waals surface area contributed by atoms with Crippen molar-refractivity contribution < 1.29 is 14.6 Å². The first kappa shape index (κ1) is 15.6. The molecule has 1 amide bonds. The zero-order valence-electron chi connectivity index (χ0n) is 12.3. The third kappa shape index (κ3) is 4.32. The lowest BCUT2D eigenvalue weighted by Crippen LogP contribution is -2.34. The molecule has 0 radical (unpaired) electrons. The molecule has 1 aromatic rings. The number of ether oxygens (including phenoxy) is 1. The normalized spacial score (nSPS) is 20.7. The van der Waals surface area contributed by atoms with Crippen molar-refractivity contribution in [1.29, 1.82) is 0 Å². The lowest BCUT2D eigenvalue weighted by Gasteiger charge is -2.16. The van der Waals surface area contributed by atoms with Crippen LogP contribution in [0.1, 0.15) is 30.9 Å². The number of aliphatic hydroxyl groups excluding tert-OH is 1. The fourth-order valence-corrected chi connectivity index (χ4v) is 2.52. The number of benzene rings is 1. The van der Waals surface area contributed by atoms with Gasteiger partial charge in [-0.1, -0.05) is 30.9 Å². The molecule has 21 heavy (non-hydrogen) atoms. The van der Waals surface area contributed by atoms with Gasteiger partial charge in [0.25, 0.3) is 0 Å². The van der Waals surface area contributed by atoms with Crippen LogP contribution < -0.4 is 5.32 Å². The second kappa shape index (κ2) is 7.82. The summed E-state index contributed by atoms with van der Waals surface area (Å²) in [6.45, 7) is 3.09. The highest BCUT2D eigenvalue weighted by atomic mass is 16.5. The highest BCUT2D eigenvalue weighted by Crippen LogP contribution is 2.23. The minimum absolute atomic E-state index is 0.0234. The molecule has 0 saturated carbocycles. The van der Waals surface area contributed by atoms with Gasteiger partial charge in [-0.3, -0.25) is 4.79 Å². The molecule has 0 aliphatic carbocycles. The predicted molar refractivity (Wildman–Crippen MR) is 80.4 cm³/mol. The average molecular weight is 287 g/mol. The van der Waals surface area contributed by atoms with E-state index in [1.165, 1.54) is 0 Å². The highest BCUT2D eigenvalue weighted by Gasteiger charge is 2.32. The third-order valence-corrected chi connectivity index (χ3v) is 3.68. The van der Waals surface area contributed by atoms with Gasteiger partial charge in [0.2, 0.25) is 5.91 Å². The van der Waals surface area contributed by atoms with E-state index in [2.05, 4.69) is 17.2 Å². The molecule has 1 heterocycles. The number of amides is 1. The summed E-state index contributed by atoms with van der Waals surface area (Å²) >= 11 is 0. The Labute approximate surface area is 125 Å². The molecule has 2 N–H and O–H groups in total. The quantitative estimate of drug-likeness (QED) is 0.824. The van der Waals surface area contributed by atoms with Crippen LogP contribution in [0.5, 0.6) is 0 Å². The predicted octanol–water partition coefficient (Wildman–Crippen LogP) is 1.46. The van der Waals surface area contributed by atoms with E-state index in [9.17, 15) is 4.79 Å². The molecule has 112 valence electrons. The van der Waals surface area contributed by atoms with Gasteiger partial charge in [-0.25, -0.2) is 0 Å². The van der Waals surface area contributed by atoms with E-state index >= 15 is 0 Å². The summed E-state index contributed by atoms with van der Waals surface area (Å²) in [5, 5.41) is 11.6. The van der Waals surface area contributed by atoms with Gasteiger partial charge in [-0.15, -0.1) is 0 Å². The van der Waals surface area contributed by atoms with Crippen molar-refractivity contribution in [2.75, 3.05) is 13.2 Å². The van der Waals surface area contributed by atoms with Gasteiger partial charge in [0.1, 0.15) is 6.61 Å². The SMILES string of the molecule is CCC1OCCC1C(=O)NCc1ccc(C#CCO)cc1. The number of carbonyl (C=O) groups excluding carboxylic acids is 1. The van der Waals surface area contributed by atoms with E-state index < -0.39 is 0 Å². The van der Waals surface area contributed by atoms with Crippen molar-refractivity contribution in [3.8, 4) is 11.8 Å². The average Bonchev–Trinajstić information content (AvgIpc) is 3.00. The van der Waals surface area contributed by atoms with Crippen LogP contribution in [-0.2, 0) is 16.1 Å². The zero-order valence-corrected chi connectivity index (χ0v) is 12.3. The molecule has 0 bridgehead atoms. The maximum absolute atomic E-state index is 12.2. The fraction of sp³-hybridized carbons (Fsp3) is 0.471. The Balaban J connectivity index is 1.86. The molecule has 2 atom stereocenters. The van der Waals surface area contributed by atoms with E-state index in [-0.39, 0.29) is 24.5 Å². The Kier molecular flexibility index (Phi) is 5.79. The van der Waals surface area contributed by atoms with Crippen molar-refractivity contribution in [3.05, 3.63) is 35.4 Å². The van der Waals surface area contributed by atoms with Crippen molar-refractivity contribution >= 4 is 5.91 Å². The summed E-state index contributed by atoms with van der Waals surface area (Å²) in [6, 6.07) is 7.64. The Bertz CT molecular complexity index is 527. The second-order valence-corrected chi connectivity index (χ2v) is 5.09. The maximum Gasteiger partial charge on any atom is 0.226 e. The summed E-state index contributed by atoms with van der Waals surface area (Å²) in [4.78, 5) is 12.2. The summed E-state index contributed by atoms with van der Waals surface area (Å²) < 4.78 is 5.54. The Morgan fingerprint density at radius 2 is 2.19 bits per heavy atom. The minimum atomic E-state index is -0.139. The van der Waals surface area contributed by atoms with Gasteiger partial charge < -0.3 is 15.2 Å². The molecule has 2 unspecified atom stereocenters. The highest BCUT2D eigenvalue weighted by molar-refractivity contribution is 5.79. The van der Waals surface area contributed by atoms with Crippen LogP contribution in [0.2, 0.25) is 0 Å². The Morgan fingerprint density at radius 1 is 1.43 bits per heavy atom. The molecule has 4 nitrogen and oxygen atoms in total. The van der Waals surface area contributed by atoms with E-state index in [4.69, 9.17) is 9.84 Å². The van der Waals surface area contributed by atoms with E-state index in [0.29, 0.717) is 13.2 Å². The van der Waals surface area contributed by atoms with Gasteiger partial charge in [-0.05, 0) is 30.5 Å². The van der Waals surface area contributed by atoms with E-state index in [1.807, 2.05) is 31.2 Å². The van der Waals surface area contributed by atoms with Crippen LogP contribution in [0, 0.1) is 17.8 Å². The van der Waals surface area contributed by atoms with Crippen molar-refractivity contribution in [2.24, 2.45) is 5.92 Å². The van der Waals surface area contributed by atoms with Gasteiger partial charge in [0.15, 0.2) is 0 Å². The topological polar surface area (TPSA) is 58.6 Å². The number of hydrogen-bond donors (Lipinski definition) is 2. The van der Waals surface area contributed by atoms with Gasteiger partial charge in [-0.2, -0.15) is 0 Å². The molecule has 2 rings (SSSR count). The minimum Gasteiger partial charge on any atom is -0.384 e. The van der Waals surface area contributed by atoms with Crippen molar-refractivity contribution in [1.82, 2.24) is 5.32 Å². The summed E-state index contributed by atoms with van der Waals surface area (Å²) in [5.41, 5.74) is 1.89. The van der Waals surface area contributed by atoms with E-state index in [1.54, 1.807) is 0 Å². The molecule has 1 saturated heterocycles. The first-order chi connectivity index (χ1) is 10.2. The first-order valence-corrected chi connectivity index (χ1v) is 7.32. The van der Waals surface area contributed by atoms with Crippen LogP contribution >= 0.6 is 0 Å². The van der Waals surface area contributed by atoms with Gasteiger partial charge >= 0.3 is 0 Å². The van der Waals surface area contributed by atoms with Crippen LogP contribution in [0.4, 0.5) is 0 Å². The molecule has 1 aliphatic heterocycles. The lowest BCUT2D eigenvalue weighted by atomic mass is 9.98. The Hall–Kier alpha value is -1.83. The third-order valence-electron chi connectivity index (χ3n) is 3.68. The summed E-state index contributed by atoms with van der Waals surface area (Å²) in [5.74, 6) is 5.49. The lowest BCUT2D eigenvalue weighted by molar-refractivity contribution is -0.126. The zero-order chi connectivity index (χ0) is 15.1. The Morgan fingerprint density at radius 3 is 2.86 bits per heavy atom. The second-order valence-electron chi connectivity index (χ2n) is 5.09. The number of carbonyl (C=O) groups is 1. The first-order valence-electron chi connectivity index (χ1n) is 7.32. The van der Waals surface area contributed by atoms with Crippen LogP contribution in [0.25, 0.3) is 0 Å². The number of aliphatic hydroxyl groups is 1. The van der Waals surface area contributed by atoms with E-state index in [0.717, 1.165) is 24.0 Å². The van der Waals surface area contributed by atoms with Crippen LogP contribution in [0.3, 0.4) is 0 Å². The molecule has 1 fully saturated rings. The maximum atomic E-state index is 12.2. The molecular weight excluding hydrogens is 266 g/mol. The molecule has 0 aromatic heterocycles. The van der Waals surface area contributed by atoms with Crippen LogP contribution in [-0.4, -0.2) is 30.3 Å². The van der Waals surface area contributed by atoms with Gasteiger partial charge in [0.05, 0.1) is 12.0 Å². The van der Waals surface area contributed by atoms with Crippen molar-refractivity contribution in [2.45, 2.75) is 32.4 Å². The van der Waals surface area contributed by atoms with Crippen LogP contribution in [0.15, 0.2) is 24.3 Å². The standard InChI is InChI=1S/C17H21NO3/c1-2-16-15(9-11-21-16)17(20)18-12-14-7-5-13(6-8-14)4-3-10-19/h5-8,15-16,19H,2,9-12H2,1H3,(H,18,20). The largest absolute Gasteiger partial charge is 0.384 e. The molecule has 1 aliphatic rings. The number of hydrogen-bond acceptors (Lipinski definition) is 3. The molecule has 4 heteroatoms. The smallest absolute Gasteiger partial charge is 0.226 e. The summed E-state index contributed by atoms with van der Waals surface area (Å²) in [7, 11) is 0. The summed E-state index contributed by atoms with van der Waals surface area (Å²) in [6.07, 6.45) is 1.73. The monoisotopic (exact) mass is 287 g/mol. The molecular formula is C17H21NO3. The molecule has 1 aromatic carbocycles. The fourth-order valence-electron chi connectivity index (χ4n) is 2.52. The van der Waals surface area contributed by atoms with Crippen molar-refractivity contribution in [3.63, 3.8) is 0 Å². The number of rotatable bonds is 4. The molecule has 0 spiro atoms.